The van der Waals surface area contributed by atoms with Crippen LogP contribution in [0.3, 0.4) is 0 Å². The number of rotatable bonds is 9. The molecule has 1 unspecified atom stereocenters. The Morgan fingerprint density at radius 3 is 2.25 bits per heavy atom. The maximum atomic E-state index is 6.63. The van der Waals surface area contributed by atoms with Crippen molar-refractivity contribution in [1.82, 2.24) is 19.3 Å². The van der Waals surface area contributed by atoms with Crippen LogP contribution >= 0.6 is 0 Å². The molecule has 0 aliphatic rings. The van der Waals surface area contributed by atoms with Crippen LogP contribution in [0.4, 0.5) is 0 Å². The minimum Gasteiger partial charge on any atom is -0.457 e. The summed E-state index contributed by atoms with van der Waals surface area (Å²) < 4.78 is 11.0. The summed E-state index contributed by atoms with van der Waals surface area (Å²) in [5.41, 5.74) is 10.6. The van der Waals surface area contributed by atoms with Gasteiger partial charge in [0.15, 0.2) is 0 Å². The van der Waals surface area contributed by atoms with Gasteiger partial charge in [0.2, 0.25) is 0 Å². The normalized spacial score (nSPS) is 12.9. The molecule has 52 heavy (non-hydrogen) atoms. The number of hydrogen-bond acceptors (Lipinski definition) is 3. The fourth-order valence-corrected chi connectivity index (χ4v) is 7.48. The lowest BCUT2D eigenvalue weighted by Crippen LogP contribution is -2.12. The molecule has 266 valence electrons. The first-order valence-electron chi connectivity index (χ1n) is 18.7. The van der Waals surface area contributed by atoms with Gasteiger partial charge >= 0.3 is 0 Å². The van der Waals surface area contributed by atoms with Gasteiger partial charge in [0.1, 0.15) is 17.3 Å². The molecule has 0 saturated heterocycles. The summed E-state index contributed by atoms with van der Waals surface area (Å²) in [5.74, 6) is 2.92. The summed E-state index contributed by atoms with van der Waals surface area (Å²) in [6, 6.07) is 36.5. The zero-order valence-corrected chi connectivity index (χ0v) is 32.3. The van der Waals surface area contributed by atoms with Crippen LogP contribution in [0.25, 0.3) is 44.4 Å². The molecule has 0 aliphatic heterocycles. The van der Waals surface area contributed by atoms with E-state index in [4.69, 9.17) is 14.8 Å². The van der Waals surface area contributed by atoms with Gasteiger partial charge in [-0.15, -0.1) is 0 Å². The molecule has 0 N–H and O–H groups in total. The van der Waals surface area contributed by atoms with Crippen LogP contribution in [0.2, 0.25) is 0 Å². The van der Waals surface area contributed by atoms with Crippen molar-refractivity contribution in [2.75, 3.05) is 0 Å². The van der Waals surface area contributed by atoms with Gasteiger partial charge < -0.3 is 4.74 Å². The number of benzene rings is 4. The highest BCUT2D eigenvalue weighted by molar-refractivity contribution is 6.09. The second-order valence-electron chi connectivity index (χ2n) is 16.7. The third-order valence-corrected chi connectivity index (χ3v) is 10.4. The van der Waals surface area contributed by atoms with Crippen molar-refractivity contribution in [1.29, 1.82) is 0 Å². The largest absolute Gasteiger partial charge is 0.457 e. The van der Waals surface area contributed by atoms with Crippen molar-refractivity contribution < 1.29 is 4.74 Å². The standard InChI is InChI=1S/C47H52N4O/c1-31(15-14-25-46(4,5)6)35-20-23-42-41(27-35)40-22-21-39(30-43(40)50(42)44-28-36(24-26-48-44)47(7,8)9)52-38-19-13-18-37(29-38)51-33(3)45(32(2)49-51)34-16-11-10-12-17-34/h10-13,16-24,26-31H,14-15,25H2,1-9H3. The second-order valence-corrected chi connectivity index (χ2v) is 16.7. The zero-order chi connectivity index (χ0) is 36.8. The Hall–Kier alpha value is -5.16. The molecule has 0 aliphatic carbocycles. The lowest BCUT2D eigenvalue weighted by molar-refractivity contribution is 0.354. The number of nitrogens with zero attached hydrogens (tertiary/aromatic N) is 4. The van der Waals surface area contributed by atoms with E-state index in [1.165, 1.54) is 46.7 Å². The summed E-state index contributed by atoms with van der Waals surface area (Å²) in [6.45, 7) is 20.3. The van der Waals surface area contributed by atoms with Crippen molar-refractivity contribution in [2.45, 2.75) is 92.9 Å². The van der Waals surface area contributed by atoms with Gasteiger partial charge in [0.25, 0.3) is 0 Å². The Labute approximate surface area is 309 Å². The highest BCUT2D eigenvalue weighted by atomic mass is 16.5. The minimum absolute atomic E-state index is 0.00127. The maximum absolute atomic E-state index is 6.63. The van der Waals surface area contributed by atoms with E-state index >= 15 is 0 Å². The van der Waals surface area contributed by atoms with E-state index in [0.717, 1.165) is 51.0 Å². The second kappa shape index (κ2) is 13.8. The van der Waals surface area contributed by atoms with Crippen LogP contribution in [0.15, 0.2) is 109 Å². The van der Waals surface area contributed by atoms with Gasteiger partial charge in [-0.25, -0.2) is 9.67 Å². The van der Waals surface area contributed by atoms with Crippen LogP contribution in [0, 0.1) is 19.3 Å². The number of aryl methyl sites for hydroxylation is 1. The molecule has 0 bridgehead atoms. The molecular weight excluding hydrogens is 637 g/mol. The van der Waals surface area contributed by atoms with Gasteiger partial charge in [-0.3, -0.25) is 4.57 Å². The molecule has 0 spiro atoms. The lowest BCUT2D eigenvalue weighted by Gasteiger charge is -2.20. The number of fused-ring (bicyclic) bond motifs is 3. The molecule has 3 heterocycles. The molecular formula is C47H52N4O. The average Bonchev–Trinajstić information content (AvgIpc) is 3.59. The topological polar surface area (TPSA) is 44.9 Å². The predicted molar refractivity (Wildman–Crippen MR) is 218 cm³/mol. The highest BCUT2D eigenvalue weighted by Gasteiger charge is 2.20. The number of pyridine rings is 1. The van der Waals surface area contributed by atoms with Crippen LogP contribution in [0.5, 0.6) is 11.5 Å². The summed E-state index contributed by atoms with van der Waals surface area (Å²) in [4.78, 5) is 4.93. The van der Waals surface area contributed by atoms with E-state index in [1.807, 2.05) is 29.1 Å². The Kier molecular flexibility index (Phi) is 9.33. The molecule has 7 aromatic rings. The molecule has 0 fully saturated rings. The van der Waals surface area contributed by atoms with Gasteiger partial charge in [-0.1, -0.05) is 97.4 Å². The number of aromatic nitrogens is 4. The van der Waals surface area contributed by atoms with E-state index in [9.17, 15) is 0 Å². The quantitative estimate of drug-likeness (QED) is 0.152. The smallest absolute Gasteiger partial charge is 0.137 e. The molecule has 3 aromatic heterocycles. The Bertz CT molecular complexity index is 2370. The molecule has 4 aromatic carbocycles. The van der Waals surface area contributed by atoms with E-state index in [1.54, 1.807) is 0 Å². The fraction of sp³-hybridized carbons (Fsp3) is 0.319. The van der Waals surface area contributed by atoms with Gasteiger partial charge in [0.05, 0.1) is 22.4 Å². The van der Waals surface area contributed by atoms with E-state index in [2.05, 4.69) is 152 Å². The molecule has 1 atom stereocenters. The SMILES string of the molecule is Cc1nn(-c2cccc(Oc3ccc4c5cc(C(C)CCCC(C)(C)C)ccc5n(-c5cc(C(C)(C)C)ccn5)c4c3)c2)c(C)c1-c1ccccc1. The fourth-order valence-electron chi connectivity index (χ4n) is 7.48. The van der Waals surface area contributed by atoms with Crippen LogP contribution in [-0.2, 0) is 5.41 Å². The molecule has 5 nitrogen and oxygen atoms in total. The first-order chi connectivity index (χ1) is 24.8. The monoisotopic (exact) mass is 688 g/mol. The molecule has 0 amide bonds. The minimum atomic E-state index is -0.00127. The van der Waals surface area contributed by atoms with Crippen molar-refractivity contribution in [3.63, 3.8) is 0 Å². The Morgan fingerprint density at radius 2 is 1.50 bits per heavy atom. The van der Waals surface area contributed by atoms with Crippen molar-refractivity contribution >= 4 is 21.8 Å². The van der Waals surface area contributed by atoms with Gasteiger partial charge in [-0.2, -0.15) is 5.10 Å². The van der Waals surface area contributed by atoms with E-state index in [0.29, 0.717) is 11.3 Å². The number of hydrogen-bond donors (Lipinski definition) is 0. The van der Waals surface area contributed by atoms with E-state index in [-0.39, 0.29) is 5.41 Å². The Balaban J connectivity index is 1.28. The average molecular weight is 689 g/mol. The van der Waals surface area contributed by atoms with E-state index < -0.39 is 0 Å². The molecule has 5 heteroatoms. The predicted octanol–water partition coefficient (Wildman–Crippen LogP) is 13.1. The summed E-state index contributed by atoms with van der Waals surface area (Å²) in [5, 5.41) is 7.37. The Morgan fingerprint density at radius 1 is 0.731 bits per heavy atom. The zero-order valence-electron chi connectivity index (χ0n) is 32.3. The van der Waals surface area contributed by atoms with Crippen molar-refractivity contribution in [3.05, 3.63) is 132 Å². The van der Waals surface area contributed by atoms with Crippen LogP contribution in [-0.4, -0.2) is 19.3 Å². The summed E-state index contributed by atoms with van der Waals surface area (Å²) in [6.07, 6.45) is 5.58. The maximum Gasteiger partial charge on any atom is 0.137 e. The first-order valence-corrected chi connectivity index (χ1v) is 18.7. The van der Waals surface area contributed by atoms with Gasteiger partial charge in [0, 0.05) is 40.4 Å². The lowest BCUT2D eigenvalue weighted by atomic mass is 9.86. The summed E-state index contributed by atoms with van der Waals surface area (Å²) >= 11 is 0. The summed E-state index contributed by atoms with van der Waals surface area (Å²) in [7, 11) is 0. The van der Waals surface area contributed by atoms with Crippen molar-refractivity contribution in [2.24, 2.45) is 5.41 Å². The van der Waals surface area contributed by atoms with Crippen LogP contribution < -0.4 is 4.74 Å². The van der Waals surface area contributed by atoms with Gasteiger partial charge in [-0.05, 0) is 109 Å². The molecule has 0 saturated carbocycles. The molecule has 7 rings (SSSR count). The highest BCUT2D eigenvalue weighted by Crippen LogP contribution is 2.38. The molecule has 0 radical (unpaired) electrons. The van der Waals surface area contributed by atoms with Crippen LogP contribution in [0.1, 0.15) is 96.2 Å². The first kappa shape index (κ1) is 35.3. The number of ether oxygens (including phenoxy) is 1. The third-order valence-electron chi connectivity index (χ3n) is 10.4. The third kappa shape index (κ3) is 7.14. The van der Waals surface area contributed by atoms with Crippen molar-refractivity contribution in [3.8, 4) is 34.1 Å².